The smallest absolute Gasteiger partial charge is 0.157 e. The summed E-state index contributed by atoms with van der Waals surface area (Å²) in [6.07, 6.45) is 3.21. The van der Waals surface area contributed by atoms with Crippen LogP contribution in [0.2, 0.25) is 5.15 Å². The van der Waals surface area contributed by atoms with Gasteiger partial charge in [-0.3, -0.25) is 0 Å². The molecule has 3 aromatic rings. The second-order valence-corrected chi connectivity index (χ2v) is 5.08. The van der Waals surface area contributed by atoms with Crippen LogP contribution in [-0.2, 0) is 6.54 Å². The predicted molar refractivity (Wildman–Crippen MR) is 87.4 cm³/mol. The molecule has 0 aliphatic rings. The minimum atomic E-state index is -0.275. The Morgan fingerprint density at radius 1 is 1.17 bits per heavy atom. The SMILES string of the molecule is CNc1c(Cl)ncnc1NCc1ccn(-c2ccc(F)cc2)n1. The lowest BCUT2D eigenvalue weighted by molar-refractivity contribution is 0.627. The number of halogens is 2. The lowest BCUT2D eigenvalue weighted by Crippen LogP contribution is -2.07. The third kappa shape index (κ3) is 3.40. The zero-order chi connectivity index (χ0) is 16.2. The molecule has 0 radical (unpaired) electrons. The molecule has 0 aliphatic heterocycles. The molecule has 0 aliphatic carbocycles. The fourth-order valence-corrected chi connectivity index (χ4v) is 2.32. The first kappa shape index (κ1) is 15.2. The molecule has 23 heavy (non-hydrogen) atoms. The molecule has 0 amide bonds. The van der Waals surface area contributed by atoms with E-state index in [-0.39, 0.29) is 5.82 Å². The molecule has 6 nitrogen and oxygen atoms in total. The summed E-state index contributed by atoms with van der Waals surface area (Å²) in [7, 11) is 1.75. The van der Waals surface area contributed by atoms with E-state index in [0.29, 0.717) is 23.2 Å². The van der Waals surface area contributed by atoms with Crippen molar-refractivity contribution in [1.29, 1.82) is 0 Å². The zero-order valence-electron chi connectivity index (χ0n) is 12.3. The molecule has 2 aromatic heterocycles. The summed E-state index contributed by atoms with van der Waals surface area (Å²) in [5.41, 5.74) is 2.23. The molecule has 3 rings (SSSR count). The quantitative estimate of drug-likeness (QED) is 0.703. The summed E-state index contributed by atoms with van der Waals surface area (Å²) in [5.74, 6) is 0.326. The van der Waals surface area contributed by atoms with Gasteiger partial charge < -0.3 is 10.6 Å². The highest BCUT2D eigenvalue weighted by molar-refractivity contribution is 6.32. The van der Waals surface area contributed by atoms with Crippen molar-refractivity contribution >= 4 is 23.1 Å². The predicted octanol–water partition coefficient (Wildman–Crippen LogP) is 3.11. The maximum Gasteiger partial charge on any atom is 0.157 e. The molecule has 118 valence electrons. The Kier molecular flexibility index (Phi) is 4.38. The number of benzene rings is 1. The van der Waals surface area contributed by atoms with Gasteiger partial charge in [-0.2, -0.15) is 5.10 Å². The normalized spacial score (nSPS) is 10.6. The lowest BCUT2D eigenvalue weighted by atomic mass is 10.3. The maximum atomic E-state index is 13.0. The van der Waals surface area contributed by atoms with Crippen LogP contribution in [0, 0.1) is 5.82 Å². The molecule has 0 saturated carbocycles. The van der Waals surface area contributed by atoms with Gasteiger partial charge in [0.25, 0.3) is 0 Å². The minimum absolute atomic E-state index is 0.275. The summed E-state index contributed by atoms with van der Waals surface area (Å²) < 4.78 is 14.6. The van der Waals surface area contributed by atoms with Crippen molar-refractivity contribution in [3.63, 3.8) is 0 Å². The summed E-state index contributed by atoms with van der Waals surface area (Å²) >= 11 is 6.00. The van der Waals surface area contributed by atoms with Crippen molar-refractivity contribution in [3.05, 3.63) is 59.5 Å². The molecule has 0 fully saturated rings. The molecular formula is C15H14ClFN6. The van der Waals surface area contributed by atoms with Crippen LogP contribution in [-0.4, -0.2) is 26.8 Å². The fraction of sp³-hybridized carbons (Fsp3) is 0.133. The molecule has 0 bridgehead atoms. The highest BCUT2D eigenvalue weighted by Gasteiger charge is 2.08. The summed E-state index contributed by atoms with van der Waals surface area (Å²) in [4.78, 5) is 8.07. The van der Waals surface area contributed by atoms with Crippen molar-refractivity contribution in [2.75, 3.05) is 17.7 Å². The second-order valence-electron chi connectivity index (χ2n) is 4.72. The van der Waals surface area contributed by atoms with Gasteiger partial charge in [0, 0.05) is 13.2 Å². The summed E-state index contributed by atoms with van der Waals surface area (Å²) in [6, 6.07) is 8.01. The van der Waals surface area contributed by atoms with Crippen molar-refractivity contribution in [3.8, 4) is 5.69 Å². The molecule has 0 unspecified atom stereocenters. The molecule has 0 spiro atoms. The molecule has 2 heterocycles. The lowest BCUT2D eigenvalue weighted by Gasteiger charge is -2.10. The van der Waals surface area contributed by atoms with Crippen molar-refractivity contribution in [1.82, 2.24) is 19.7 Å². The van der Waals surface area contributed by atoms with Gasteiger partial charge in [-0.1, -0.05) is 11.6 Å². The monoisotopic (exact) mass is 332 g/mol. The van der Waals surface area contributed by atoms with E-state index in [0.717, 1.165) is 11.4 Å². The third-order valence-electron chi connectivity index (χ3n) is 3.22. The topological polar surface area (TPSA) is 67.7 Å². The van der Waals surface area contributed by atoms with E-state index >= 15 is 0 Å². The largest absolute Gasteiger partial charge is 0.383 e. The van der Waals surface area contributed by atoms with Crippen LogP contribution in [0.5, 0.6) is 0 Å². The van der Waals surface area contributed by atoms with Gasteiger partial charge in [-0.05, 0) is 30.3 Å². The average molecular weight is 333 g/mol. The fourth-order valence-electron chi connectivity index (χ4n) is 2.09. The van der Waals surface area contributed by atoms with E-state index < -0.39 is 0 Å². The van der Waals surface area contributed by atoms with Crippen LogP contribution in [0.3, 0.4) is 0 Å². The first-order chi connectivity index (χ1) is 11.2. The highest BCUT2D eigenvalue weighted by atomic mass is 35.5. The molecule has 8 heteroatoms. The number of nitrogens with one attached hydrogen (secondary N) is 2. The van der Waals surface area contributed by atoms with Crippen LogP contribution in [0.15, 0.2) is 42.9 Å². The number of nitrogens with zero attached hydrogens (tertiary/aromatic N) is 4. The van der Waals surface area contributed by atoms with Crippen LogP contribution in [0.25, 0.3) is 5.69 Å². The van der Waals surface area contributed by atoms with E-state index in [1.54, 1.807) is 23.9 Å². The van der Waals surface area contributed by atoms with Gasteiger partial charge in [-0.15, -0.1) is 0 Å². The molecule has 0 atom stereocenters. The van der Waals surface area contributed by atoms with Gasteiger partial charge >= 0.3 is 0 Å². The Balaban J connectivity index is 1.73. The van der Waals surface area contributed by atoms with Gasteiger partial charge in [0.15, 0.2) is 11.0 Å². The average Bonchev–Trinajstić information content (AvgIpc) is 3.02. The Labute approximate surface area is 137 Å². The third-order valence-corrected chi connectivity index (χ3v) is 3.51. The van der Waals surface area contributed by atoms with Gasteiger partial charge in [-0.25, -0.2) is 19.0 Å². The van der Waals surface area contributed by atoms with Gasteiger partial charge in [0.1, 0.15) is 17.8 Å². The second kappa shape index (κ2) is 6.62. The molecule has 1 aromatic carbocycles. The zero-order valence-corrected chi connectivity index (χ0v) is 13.0. The Hall–Kier alpha value is -2.67. The highest BCUT2D eigenvalue weighted by Crippen LogP contribution is 2.25. The van der Waals surface area contributed by atoms with E-state index in [1.807, 2.05) is 12.3 Å². The number of hydrogen-bond acceptors (Lipinski definition) is 5. The Morgan fingerprint density at radius 3 is 2.70 bits per heavy atom. The Morgan fingerprint density at radius 2 is 1.96 bits per heavy atom. The number of anilines is 2. The standard InChI is InChI=1S/C15H14ClFN6/c1-18-13-14(16)20-9-21-15(13)19-8-11-6-7-23(22-11)12-4-2-10(17)3-5-12/h2-7,9,18H,8H2,1H3,(H,19,20,21). The van der Waals surface area contributed by atoms with Crippen molar-refractivity contribution in [2.45, 2.75) is 6.54 Å². The van der Waals surface area contributed by atoms with E-state index in [1.165, 1.54) is 18.5 Å². The van der Waals surface area contributed by atoms with Gasteiger partial charge in [0.05, 0.1) is 17.9 Å². The van der Waals surface area contributed by atoms with Crippen LogP contribution < -0.4 is 10.6 Å². The first-order valence-electron chi connectivity index (χ1n) is 6.90. The Bertz CT molecular complexity index is 802. The minimum Gasteiger partial charge on any atom is -0.383 e. The summed E-state index contributed by atoms with van der Waals surface area (Å²) in [6.45, 7) is 0.468. The molecular weight excluding hydrogens is 319 g/mol. The van der Waals surface area contributed by atoms with Gasteiger partial charge in [0.2, 0.25) is 0 Å². The number of hydrogen-bond donors (Lipinski definition) is 2. The van der Waals surface area contributed by atoms with E-state index in [4.69, 9.17) is 11.6 Å². The van der Waals surface area contributed by atoms with Crippen molar-refractivity contribution in [2.24, 2.45) is 0 Å². The number of rotatable bonds is 5. The van der Waals surface area contributed by atoms with Crippen LogP contribution in [0.1, 0.15) is 5.69 Å². The maximum absolute atomic E-state index is 13.0. The molecule has 0 saturated heterocycles. The van der Waals surface area contributed by atoms with Crippen molar-refractivity contribution < 1.29 is 4.39 Å². The van der Waals surface area contributed by atoms with E-state index in [2.05, 4.69) is 25.7 Å². The van der Waals surface area contributed by atoms with Crippen LogP contribution >= 0.6 is 11.6 Å². The van der Waals surface area contributed by atoms with E-state index in [9.17, 15) is 4.39 Å². The molecule has 2 N–H and O–H groups in total. The summed E-state index contributed by atoms with van der Waals surface area (Å²) in [5, 5.41) is 10.9. The first-order valence-corrected chi connectivity index (χ1v) is 7.28. The van der Waals surface area contributed by atoms with Crippen LogP contribution in [0.4, 0.5) is 15.9 Å². The number of aromatic nitrogens is 4.